The van der Waals surface area contributed by atoms with Gasteiger partial charge in [0.25, 0.3) is 0 Å². The molecule has 5 aromatic rings. The SMILES string of the molecule is O=C(N1CCOCC1)N1CCc2c(sc3ncnc(Cl)c23)C1.O=C(N1CCOCC1)N1CCc2c(sc3ncnc(Nc4cnc5c(c4)C=NC5)c23)C1. The maximum atomic E-state index is 12.9. The molecule has 0 bridgehead atoms. The van der Waals surface area contributed by atoms with Crippen LogP contribution in [0.25, 0.3) is 20.4 Å². The molecule has 1 N–H and O–H groups in total. The molecule has 0 aromatic carbocycles. The minimum absolute atomic E-state index is 0.0988. The number of carbonyl (C=O) groups is 2. The molecule has 2 saturated heterocycles. The van der Waals surface area contributed by atoms with Crippen molar-refractivity contribution in [3.63, 3.8) is 0 Å². The Labute approximate surface area is 317 Å². The van der Waals surface area contributed by atoms with E-state index in [1.807, 2.05) is 38.1 Å². The Bertz CT molecular complexity index is 2230. The Hall–Kier alpha value is -4.55. The molecule has 274 valence electrons. The van der Waals surface area contributed by atoms with Gasteiger partial charge in [-0.3, -0.25) is 9.98 Å². The zero-order valence-corrected chi connectivity index (χ0v) is 31.2. The maximum absolute atomic E-state index is 12.9. The van der Waals surface area contributed by atoms with Gasteiger partial charge in [0.1, 0.15) is 33.3 Å². The third-order valence-electron chi connectivity index (χ3n) is 10.1. The number of morpholine rings is 2. The summed E-state index contributed by atoms with van der Waals surface area (Å²) in [5.74, 6) is 0.784. The predicted molar refractivity (Wildman–Crippen MR) is 202 cm³/mol. The van der Waals surface area contributed by atoms with Crippen molar-refractivity contribution in [3.8, 4) is 0 Å². The maximum Gasteiger partial charge on any atom is 0.320 e. The van der Waals surface area contributed by atoms with Crippen LogP contribution in [0.4, 0.5) is 21.1 Å². The van der Waals surface area contributed by atoms with Crippen LogP contribution in [-0.2, 0) is 41.9 Å². The van der Waals surface area contributed by atoms with Gasteiger partial charge in [-0.1, -0.05) is 11.6 Å². The molecule has 4 amide bonds. The van der Waals surface area contributed by atoms with Gasteiger partial charge in [-0.25, -0.2) is 29.5 Å². The van der Waals surface area contributed by atoms with E-state index in [0.29, 0.717) is 90.5 Å². The summed E-state index contributed by atoms with van der Waals surface area (Å²) < 4.78 is 10.7. The largest absolute Gasteiger partial charge is 0.378 e. The number of fused-ring (bicyclic) bond motifs is 7. The van der Waals surface area contributed by atoms with Gasteiger partial charge in [0, 0.05) is 60.8 Å². The lowest BCUT2D eigenvalue weighted by atomic mass is 10.0. The number of nitrogens with one attached hydrogen (secondary N) is 1. The highest BCUT2D eigenvalue weighted by molar-refractivity contribution is 7.19. The molecule has 5 aromatic heterocycles. The molecule has 0 unspecified atom stereocenters. The van der Waals surface area contributed by atoms with Crippen molar-refractivity contribution in [1.29, 1.82) is 0 Å². The topological polar surface area (TPSA) is 154 Å². The van der Waals surface area contributed by atoms with E-state index in [9.17, 15) is 9.59 Å². The molecule has 0 aliphatic carbocycles. The van der Waals surface area contributed by atoms with Crippen LogP contribution in [-0.4, -0.2) is 128 Å². The highest BCUT2D eigenvalue weighted by Crippen LogP contribution is 2.39. The van der Waals surface area contributed by atoms with Crippen molar-refractivity contribution >= 4 is 84.5 Å². The summed E-state index contributed by atoms with van der Waals surface area (Å²) in [4.78, 5) is 63.5. The van der Waals surface area contributed by atoms with Gasteiger partial charge in [-0.15, -0.1) is 22.7 Å². The lowest BCUT2D eigenvalue weighted by molar-refractivity contribution is 0.0423. The Kier molecular flexibility index (Phi) is 9.50. The molecule has 0 saturated carbocycles. The summed E-state index contributed by atoms with van der Waals surface area (Å²) in [6.45, 7) is 8.43. The fraction of sp³-hybridized carbons (Fsp3) is 0.429. The normalized spacial score (nSPS) is 18.1. The molecule has 5 aliphatic heterocycles. The molecule has 5 aliphatic rings. The van der Waals surface area contributed by atoms with E-state index in [1.165, 1.54) is 27.2 Å². The molecule has 0 atom stereocenters. The average molecular weight is 774 g/mol. The number of ether oxygens (including phenoxy) is 2. The Balaban J connectivity index is 0.000000149. The van der Waals surface area contributed by atoms with Crippen LogP contribution in [0.1, 0.15) is 32.1 Å². The molecule has 0 spiro atoms. The van der Waals surface area contributed by atoms with Gasteiger partial charge in [-0.2, -0.15) is 0 Å². The number of amides is 4. The summed E-state index contributed by atoms with van der Waals surface area (Å²) in [6.07, 6.45) is 8.36. The first-order valence-electron chi connectivity index (χ1n) is 17.6. The second kappa shape index (κ2) is 14.7. The fourth-order valence-electron chi connectivity index (χ4n) is 7.34. The summed E-state index contributed by atoms with van der Waals surface area (Å²) in [6, 6.07) is 2.25. The molecule has 15 nitrogen and oxygen atoms in total. The first-order chi connectivity index (χ1) is 26.0. The summed E-state index contributed by atoms with van der Waals surface area (Å²) >= 11 is 9.47. The van der Waals surface area contributed by atoms with E-state index < -0.39 is 0 Å². The second-order valence-electron chi connectivity index (χ2n) is 13.2. The number of nitrogens with zero attached hydrogens (tertiary/aromatic N) is 10. The monoisotopic (exact) mass is 773 g/mol. The Morgan fingerprint density at radius 3 is 1.94 bits per heavy atom. The van der Waals surface area contributed by atoms with E-state index in [0.717, 1.165) is 56.0 Å². The molecular formula is C35H36ClN11O4S2. The van der Waals surface area contributed by atoms with E-state index in [2.05, 4.69) is 35.2 Å². The number of rotatable bonds is 2. The molecule has 10 heterocycles. The molecular weight excluding hydrogens is 738 g/mol. The molecule has 53 heavy (non-hydrogen) atoms. The summed E-state index contributed by atoms with van der Waals surface area (Å²) in [5.41, 5.74) is 5.37. The number of hydrogen-bond donors (Lipinski definition) is 1. The minimum atomic E-state index is 0.0988. The van der Waals surface area contributed by atoms with Crippen molar-refractivity contribution in [2.45, 2.75) is 32.5 Å². The number of carbonyl (C=O) groups excluding carboxylic acids is 2. The van der Waals surface area contributed by atoms with Crippen LogP contribution in [0.5, 0.6) is 0 Å². The second-order valence-corrected chi connectivity index (χ2v) is 15.7. The molecule has 0 radical (unpaired) electrons. The van der Waals surface area contributed by atoms with E-state index in [4.69, 9.17) is 21.1 Å². The number of halogens is 1. The number of anilines is 2. The van der Waals surface area contributed by atoms with Gasteiger partial charge in [0.15, 0.2) is 0 Å². The number of pyridine rings is 1. The standard InChI is InChI=1S/C21H21N7O2S.C14H15ClN4O2S/c29-21(27-3-5-30-6-4-27)28-2-1-15-17(11-28)31-20-18(15)19(24-12-25-20)26-14-7-13-8-22-10-16(13)23-9-14;15-12-11-9-1-2-19(14(20)18-3-5-21-6-4-18)7-10(9)22-13(11)17-8-16-12/h7-9,12H,1-6,10-11H2,(H,24,25,26);8H,1-7H2. The smallest absolute Gasteiger partial charge is 0.320 e. The summed E-state index contributed by atoms with van der Waals surface area (Å²) in [7, 11) is 0. The van der Waals surface area contributed by atoms with E-state index in [-0.39, 0.29) is 12.1 Å². The zero-order chi connectivity index (χ0) is 35.9. The van der Waals surface area contributed by atoms with Gasteiger partial charge in [0.05, 0.1) is 74.4 Å². The highest BCUT2D eigenvalue weighted by Gasteiger charge is 2.31. The number of aliphatic imine (C=N–C) groups is 1. The van der Waals surface area contributed by atoms with Gasteiger partial charge in [-0.05, 0) is 30.0 Å². The quantitative estimate of drug-likeness (QED) is 0.249. The lowest BCUT2D eigenvalue weighted by Crippen LogP contribution is -2.49. The third-order valence-corrected chi connectivity index (χ3v) is 12.6. The Morgan fingerprint density at radius 2 is 1.30 bits per heavy atom. The minimum Gasteiger partial charge on any atom is -0.378 e. The zero-order valence-electron chi connectivity index (χ0n) is 28.8. The van der Waals surface area contributed by atoms with Crippen molar-refractivity contribution in [2.24, 2.45) is 4.99 Å². The number of thiophene rings is 2. The third kappa shape index (κ3) is 6.76. The van der Waals surface area contributed by atoms with Gasteiger partial charge < -0.3 is 34.4 Å². The molecule has 18 heteroatoms. The van der Waals surface area contributed by atoms with Crippen LogP contribution < -0.4 is 5.32 Å². The number of hydrogen-bond acceptors (Lipinski definition) is 13. The predicted octanol–water partition coefficient (Wildman–Crippen LogP) is 4.73. The van der Waals surface area contributed by atoms with Crippen molar-refractivity contribution in [3.05, 3.63) is 62.2 Å². The van der Waals surface area contributed by atoms with Gasteiger partial charge in [0.2, 0.25) is 0 Å². The fourth-order valence-corrected chi connectivity index (χ4v) is 10.0. The van der Waals surface area contributed by atoms with E-state index in [1.54, 1.807) is 29.0 Å². The van der Waals surface area contributed by atoms with Crippen LogP contribution >= 0.6 is 34.3 Å². The van der Waals surface area contributed by atoms with Crippen LogP contribution in [0.2, 0.25) is 5.15 Å². The number of urea groups is 2. The van der Waals surface area contributed by atoms with Crippen LogP contribution in [0, 0.1) is 0 Å². The average Bonchev–Trinajstić information content (AvgIpc) is 3.93. The summed E-state index contributed by atoms with van der Waals surface area (Å²) in [5, 5.41) is 5.95. The first-order valence-corrected chi connectivity index (χ1v) is 19.7. The first kappa shape index (κ1) is 34.2. The van der Waals surface area contributed by atoms with Crippen LogP contribution in [0.3, 0.4) is 0 Å². The molecule has 10 rings (SSSR count). The van der Waals surface area contributed by atoms with Crippen LogP contribution in [0.15, 0.2) is 29.9 Å². The lowest BCUT2D eigenvalue weighted by Gasteiger charge is -2.34. The number of aromatic nitrogens is 5. The Morgan fingerprint density at radius 1 is 0.717 bits per heavy atom. The molecule has 2 fully saturated rings. The highest BCUT2D eigenvalue weighted by atomic mass is 35.5. The van der Waals surface area contributed by atoms with E-state index >= 15 is 0 Å². The van der Waals surface area contributed by atoms with Gasteiger partial charge >= 0.3 is 12.1 Å². The van der Waals surface area contributed by atoms with Crippen molar-refractivity contribution < 1.29 is 19.1 Å². The van der Waals surface area contributed by atoms with Crippen molar-refractivity contribution in [1.82, 2.24) is 44.5 Å². The van der Waals surface area contributed by atoms with Crippen molar-refractivity contribution in [2.75, 3.05) is 71.0 Å².